The number of rotatable bonds is 0. The first-order chi connectivity index (χ1) is 5.47. The Morgan fingerprint density at radius 1 is 1.31 bits per heavy atom. The van der Waals surface area contributed by atoms with Crippen LogP contribution in [0.1, 0.15) is 21.3 Å². The van der Waals surface area contributed by atoms with Crippen molar-refractivity contribution in [3.8, 4) is 0 Å². The van der Waals surface area contributed by atoms with Crippen LogP contribution in [-0.2, 0) is 9.59 Å². The molecule has 0 rings (SSSR count). The van der Waals surface area contributed by atoms with Crippen LogP contribution in [0.3, 0.4) is 0 Å². The molecule has 0 saturated heterocycles. The molecule has 4 heteroatoms. The quantitative estimate of drug-likeness (QED) is 0.577. The third kappa shape index (κ3) is 95.6. The van der Waals surface area contributed by atoms with E-state index >= 15 is 0 Å². The van der Waals surface area contributed by atoms with Gasteiger partial charge in [0.1, 0.15) is 6.29 Å². The molecule has 0 aromatic heterocycles. The van der Waals surface area contributed by atoms with Crippen molar-refractivity contribution in [2.45, 2.75) is 21.3 Å². The monoisotopic (exact) mass is 192 g/mol. The fourth-order valence-corrected chi connectivity index (χ4v) is 0. The highest BCUT2D eigenvalue weighted by molar-refractivity contribution is 5.72. The Morgan fingerprint density at radius 2 is 1.38 bits per heavy atom. The molecule has 0 atom stereocenters. The SMILES string of the molecule is C.CC(=O)N(C)C.CC=O.CNC. The minimum absolute atomic E-state index is 0. The van der Waals surface area contributed by atoms with Gasteiger partial charge in [-0.3, -0.25) is 4.79 Å². The first-order valence-corrected chi connectivity index (χ1v) is 3.64. The van der Waals surface area contributed by atoms with Gasteiger partial charge in [-0.15, -0.1) is 0 Å². The molecule has 4 nitrogen and oxygen atoms in total. The van der Waals surface area contributed by atoms with Crippen molar-refractivity contribution in [3.63, 3.8) is 0 Å². The molecule has 1 amide bonds. The maximum Gasteiger partial charge on any atom is 0.218 e. The number of hydrogen-bond acceptors (Lipinski definition) is 3. The van der Waals surface area contributed by atoms with Gasteiger partial charge in [0.05, 0.1) is 0 Å². The number of amides is 1. The van der Waals surface area contributed by atoms with E-state index in [1.54, 1.807) is 14.1 Å². The van der Waals surface area contributed by atoms with E-state index in [-0.39, 0.29) is 13.3 Å². The average molecular weight is 192 g/mol. The molecule has 0 aliphatic rings. The summed E-state index contributed by atoms with van der Waals surface area (Å²) in [7, 11) is 7.20. The third-order valence-electron chi connectivity index (χ3n) is 0.630. The Kier molecular flexibility index (Phi) is 39.3. The van der Waals surface area contributed by atoms with Crippen LogP contribution < -0.4 is 5.32 Å². The van der Waals surface area contributed by atoms with Gasteiger partial charge < -0.3 is 15.0 Å². The second-order valence-corrected chi connectivity index (χ2v) is 2.15. The Labute approximate surface area is 82.3 Å². The molecule has 0 aromatic carbocycles. The normalized spacial score (nSPS) is 6.00. The molecule has 0 radical (unpaired) electrons. The van der Waals surface area contributed by atoms with Crippen molar-refractivity contribution < 1.29 is 9.59 Å². The summed E-state index contributed by atoms with van der Waals surface area (Å²) in [5.74, 6) is 0.0926. The summed E-state index contributed by atoms with van der Waals surface area (Å²) < 4.78 is 0. The predicted octanol–water partition coefficient (Wildman–Crippen LogP) is 0.771. The van der Waals surface area contributed by atoms with Gasteiger partial charge in [0, 0.05) is 21.0 Å². The van der Waals surface area contributed by atoms with Crippen LogP contribution in [0.2, 0.25) is 0 Å². The van der Waals surface area contributed by atoms with Gasteiger partial charge in [-0.05, 0) is 21.0 Å². The molecule has 82 valence electrons. The van der Waals surface area contributed by atoms with Gasteiger partial charge in [-0.25, -0.2) is 0 Å². The molecule has 0 aromatic rings. The largest absolute Gasteiger partial charge is 0.349 e. The first-order valence-electron chi connectivity index (χ1n) is 3.64. The highest BCUT2D eigenvalue weighted by Gasteiger charge is 1.87. The molecule has 0 heterocycles. The summed E-state index contributed by atoms with van der Waals surface area (Å²) in [6, 6.07) is 0. The van der Waals surface area contributed by atoms with Crippen molar-refractivity contribution >= 4 is 12.2 Å². The molecule has 0 aliphatic carbocycles. The highest BCUT2D eigenvalue weighted by Crippen LogP contribution is 1.69. The standard InChI is InChI=1S/C4H9NO.C2H7N.C2H4O.CH4/c1-4(6)5(2)3;1-3-2;1-2-3;/h1-3H3;3H,1-2H3;2H,1H3;1H4. The maximum absolute atomic E-state index is 10.1. The van der Waals surface area contributed by atoms with Crippen LogP contribution in [0, 0.1) is 0 Å². The number of nitrogens with one attached hydrogen (secondary N) is 1. The van der Waals surface area contributed by atoms with Crippen molar-refractivity contribution in [1.82, 2.24) is 10.2 Å². The number of nitrogens with zero attached hydrogens (tertiary/aromatic N) is 1. The predicted molar refractivity (Wildman–Crippen MR) is 57.8 cm³/mol. The number of carbonyl (C=O) groups is 2. The van der Waals surface area contributed by atoms with E-state index in [0.717, 1.165) is 6.29 Å². The molecular weight excluding hydrogens is 168 g/mol. The van der Waals surface area contributed by atoms with Crippen LogP contribution in [0.25, 0.3) is 0 Å². The molecule has 0 saturated carbocycles. The van der Waals surface area contributed by atoms with Crippen LogP contribution in [0.15, 0.2) is 0 Å². The number of aldehydes is 1. The molecule has 13 heavy (non-hydrogen) atoms. The van der Waals surface area contributed by atoms with Crippen molar-refractivity contribution in [1.29, 1.82) is 0 Å². The van der Waals surface area contributed by atoms with E-state index in [1.807, 2.05) is 14.1 Å². The summed E-state index contributed by atoms with van der Waals surface area (Å²) in [6.45, 7) is 2.97. The van der Waals surface area contributed by atoms with Gasteiger partial charge in [0.15, 0.2) is 0 Å². The van der Waals surface area contributed by atoms with Gasteiger partial charge in [0.2, 0.25) is 5.91 Å². The zero-order chi connectivity index (χ0) is 10.6. The van der Waals surface area contributed by atoms with E-state index in [0.29, 0.717) is 0 Å². The Morgan fingerprint density at radius 3 is 1.38 bits per heavy atom. The summed E-state index contributed by atoms with van der Waals surface area (Å²) in [5, 5.41) is 2.75. The van der Waals surface area contributed by atoms with E-state index in [2.05, 4.69) is 5.32 Å². The Balaban J connectivity index is -0.0000000501. The number of carbonyl (C=O) groups excluding carboxylic acids is 2. The number of hydrogen-bond donors (Lipinski definition) is 1. The van der Waals surface area contributed by atoms with Crippen LogP contribution in [-0.4, -0.2) is 45.3 Å². The second-order valence-electron chi connectivity index (χ2n) is 2.15. The summed E-state index contributed by atoms with van der Waals surface area (Å²) in [4.78, 5) is 20.4. The molecule has 0 bridgehead atoms. The summed E-state index contributed by atoms with van der Waals surface area (Å²) in [5.41, 5.74) is 0. The minimum atomic E-state index is 0. The lowest BCUT2D eigenvalue weighted by Crippen LogP contribution is -2.17. The van der Waals surface area contributed by atoms with E-state index in [9.17, 15) is 4.79 Å². The lowest BCUT2D eigenvalue weighted by atomic mass is 10.7. The lowest BCUT2D eigenvalue weighted by molar-refractivity contribution is -0.126. The smallest absolute Gasteiger partial charge is 0.218 e. The van der Waals surface area contributed by atoms with Gasteiger partial charge in [-0.1, -0.05) is 7.43 Å². The zero-order valence-corrected chi connectivity index (χ0v) is 8.84. The Bertz CT molecular complexity index is 104. The lowest BCUT2D eigenvalue weighted by Gasteiger charge is -2.02. The fraction of sp³-hybridized carbons (Fsp3) is 0.778. The summed E-state index contributed by atoms with van der Waals surface area (Å²) in [6.07, 6.45) is 0.750. The van der Waals surface area contributed by atoms with E-state index < -0.39 is 0 Å². The highest BCUT2D eigenvalue weighted by atomic mass is 16.2. The minimum Gasteiger partial charge on any atom is -0.349 e. The molecule has 0 unspecified atom stereocenters. The van der Waals surface area contributed by atoms with Crippen LogP contribution in [0.5, 0.6) is 0 Å². The van der Waals surface area contributed by atoms with Gasteiger partial charge >= 0.3 is 0 Å². The molecule has 0 fully saturated rings. The Hall–Kier alpha value is -0.900. The first kappa shape index (κ1) is 22.7. The zero-order valence-electron chi connectivity index (χ0n) is 8.84. The summed E-state index contributed by atoms with van der Waals surface area (Å²) >= 11 is 0. The topological polar surface area (TPSA) is 49.4 Å². The van der Waals surface area contributed by atoms with Crippen molar-refractivity contribution in [2.24, 2.45) is 0 Å². The van der Waals surface area contributed by atoms with Gasteiger partial charge in [-0.2, -0.15) is 0 Å². The fourth-order valence-electron chi connectivity index (χ4n) is 0. The second kappa shape index (κ2) is 22.5. The van der Waals surface area contributed by atoms with E-state index in [4.69, 9.17) is 4.79 Å². The third-order valence-corrected chi connectivity index (χ3v) is 0.630. The average Bonchev–Trinajstić information content (AvgIpc) is 1.90. The molecule has 0 spiro atoms. The maximum atomic E-state index is 10.1. The van der Waals surface area contributed by atoms with E-state index in [1.165, 1.54) is 18.7 Å². The van der Waals surface area contributed by atoms with Crippen molar-refractivity contribution in [3.05, 3.63) is 0 Å². The van der Waals surface area contributed by atoms with Crippen LogP contribution >= 0.6 is 0 Å². The molecule has 1 N–H and O–H groups in total. The molecule has 0 aliphatic heterocycles. The van der Waals surface area contributed by atoms with Gasteiger partial charge in [0.25, 0.3) is 0 Å². The molecular formula is C9H24N2O2. The van der Waals surface area contributed by atoms with Crippen molar-refractivity contribution in [2.75, 3.05) is 28.2 Å². The van der Waals surface area contributed by atoms with Crippen LogP contribution in [0.4, 0.5) is 0 Å².